The van der Waals surface area contributed by atoms with Gasteiger partial charge in [-0.25, -0.2) is 0 Å². The van der Waals surface area contributed by atoms with E-state index in [1.54, 1.807) is 7.11 Å². The van der Waals surface area contributed by atoms with E-state index >= 15 is 0 Å². The van der Waals surface area contributed by atoms with E-state index < -0.39 is 8.32 Å². The molecule has 0 aliphatic carbocycles. The molecule has 0 bridgehead atoms. The van der Waals surface area contributed by atoms with Gasteiger partial charge in [0, 0.05) is 0 Å². The quantitative estimate of drug-likeness (QED) is 0.352. The normalized spacial score (nSPS) is 12.7. The van der Waals surface area contributed by atoms with E-state index in [0.717, 1.165) is 6.42 Å². The molecule has 0 amide bonds. The Balaban J connectivity index is 3.80. The highest BCUT2D eigenvalue weighted by Crippen LogP contribution is 2.13. The Bertz CT molecular complexity index is 183. The Kier molecular flexibility index (Phi) is 7.57. The molecule has 0 aromatic rings. The van der Waals surface area contributed by atoms with Crippen LogP contribution in [0.3, 0.4) is 0 Å². The lowest BCUT2D eigenvalue weighted by Gasteiger charge is -2.20. The Morgan fingerprint density at radius 2 is 1.80 bits per heavy atom. The van der Waals surface area contributed by atoms with Crippen LogP contribution >= 0.6 is 0 Å². The minimum absolute atomic E-state index is 0.714. The zero-order chi connectivity index (χ0) is 11.7. The summed E-state index contributed by atoms with van der Waals surface area (Å²) < 4.78 is 11.0. The van der Waals surface area contributed by atoms with Crippen LogP contribution in [-0.2, 0) is 9.16 Å². The number of ether oxygens (including phenoxy) is 1. The number of allylic oxidation sites excluding steroid dienone is 1. The van der Waals surface area contributed by atoms with Crippen LogP contribution in [0, 0.1) is 0 Å². The van der Waals surface area contributed by atoms with Gasteiger partial charge in [0.25, 0.3) is 5.95 Å². The van der Waals surface area contributed by atoms with Crippen molar-refractivity contribution < 1.29 is 9.16 Å². The van der Waals surface area contributed by atoms with E-state index in [1.807, 2.05) is 0 Å². The second-order valence-electron chi connectivity index (χ2n) is 4.79. The average Bonchev–Trinajstić information content (AvgIpc) is 2.14. The zero-order valence-corrected chi connectivity index (χ0v) is 11.9. The van der Waals surface area contributed by atoms with Crippen LogP contribution in [0.5, 0.6) is 0 Å². The molecule has 0 rings (SSSR count). The first-order valence-electron chi connectivity index (χ1n) is 5.92. The van der Waals surface area contributed by atoms with E-state index in [4.69, 9.17) is 9.16 Å². The third-order valence-electron chi connectivity index (χ3n) is 1.98. The van der Waals surface area contributed by atoms with E-state index in [2.05, 4.69) is 32.6 Å². The zero-order valence-electron chi connectivity index (χ0n) is 10.9. The Labute approximate surface area is 95.8 Å². The molecule has 15 heavy (non-hydrogen) atoms. The van der Waals surface area contributed by atoms with Gasteiger partial charge in [-0.3, -0.25) is 0 Å². The maximum absolute atomic E-state index is 5.77. The number of hydrogen-bond acceptors (Lipinski definition) is 2. The van der Waals surface area contributed by atoms with Gasteiger partial charge in [-0.05, 0) is 38.6 Å². The van der Waals surface area contributed by atoms with Crippen LogP contribution in [0.2, 0.25) is 19.6 Å². The first-order chi connectivity index (χ1) is 6.99. The van der Waals surface area contributed by atoms with Gasteiger partial charge in [0.2, 0.25) is 8.32 Å². The third-order valence-corrected chi connectivity index (χ3v) is 2.79. The van der Waals surface area contributed by atoms with Crippen molar-refractivity contribution in [3.63, 3.8) is 0 Å². The van der Waals surface area contributed by atoms with Crippen molar-refractivity contribution in [3.8, 4) is 0 Å². The lowest BCUT2D eigenvalue weighted by molar-refractivity contribution is 0.145. The van der Waals surface area contributed by atoms with Gasteiger partial charge in [0.05, 0.1) is 7.11 Å². The minimum atomic E-state index is -1.51. The van der Waals surface area contributed by atoms with Crippen molar-refractivity contribution in [2.75, 3.05) is 7.11 Å². The van der Waals surface area contributed by atoms with Crippen molar-refractivity contribution in [1.29, 1.82) is 0 Å². The molecule has 3 heteroatoms. The third kappa shape index (κ3) is 9.85. The fourth-order valence-electron chi connectivity index (χ4n) is 1.26. The van der Waals surface area contributed by atoms with Crippen LogP contribution in [0.4, 0.5) is 0 Å². The van der Waals surface area contributed by atoms with Crippen molar-refractivity contribution in [2.24, 2.45) is 0 Å². The fraction of sp³-hybridized carbons (Fsp3) is 0.833. The summed E-state index contributed by atoms with van der Waals surface area (Å²) >= 11 is 0. The van der Waals surface area contributed by atoms with Gasteiger partial charge < -0.3 is 9.16 Å². The monoisotopic (exact) mass is 230 g/mol. The first kappa shape index (κ1) is 14.6. The van der Waals surface area contributed by atoms with E-state index in [0.29, 0.717) is 5.95 Å². The molecule has 0 fully saturated rings. The number of unbranched alkanes of at least 4 members (excludes halogenated alkanes) is 4. The molecule has 2 nitrogen and oxygen atoms in total. The summed E-state index contributed by atoms with van der Waals surface area (Å²) in [5.74, 6) is 0.714. The smallest absolute Gasteiger partial charge is 0.260 e. The standard InChI is InChI=1S/C12H26O2Si/c1-6-7-8-9-10-11-12(13-2)14-15(3,4)5/h11H,6-10H2,1-5H3. The predicted octanol–water partition coefficient (Wildman–Crippen LogP) is 4.30. The summed E-state index contributed by atoms with van der Waals surface area (Å²) in [6.45, 7) is 8.72. The molecule has 0 aliphatic heterocycles. The molecule has 0 atom stereocenters. The minimum Gasteiger partial charge on any atom is -0.520 e. The maximum Gasteiger partial charge on any atom is 0.260 e. The van der Waals surface area contributed by atoms with Crippen LogP contribution in [0.25, 0.3) is 0 Å². The molecule has 0 aromatic carbocycles. The molecule has 90 valence electrons. The summed E-state index contributed by atoms with van der Waals surface area (Å²) in [4.78, 5) is 0. The lowest BCUT2D eigenvalue weighted by atomic mass is 10.1. The molecular weight excluding hydrogens is 204 g/mol. The number of rotatable bonds is 8. The molecule has 0 heterocycles. The topological polar surface area (TPSA) is 18.5 Å². The Hall–Kier alpha value is -0.443. The number of hydrogen-bond donors (Lipinski definition) is 0. The molecule has 0 aromatic heterocycles. The van der Waals surface area contributed by atoms with Gasteiger partial charge in [-0.15, -0.1) is 0 Å². The SMILES string of the molecule is CCCCCCC=C(OC)O[Si](C)(C)C. The van der Waals surface area contributed by atoms with E-state index in [9.17, 15) is 0 Å². The Morgan fingerprint density at radius 3 is 2.27 bits per heavy atom. The second kappa shape index (κ2) is 7.80. The fourth-order valence-corrected chi connectivity index (χ4v) is 2.03. The van der Waals surface area contributed by atoms with Crippen molar-refractivity contribution in [1.82, 2.24) is 0 Å². The molecule has 0 saturated carbocycles. The average molecular weight is 230 g/mol. The highest BCUT2D eigenvalue weighted by Gasteiger charge is 2.17. The van der Waals surface area contributed by atoms with Crippen molar-refractivity contribution >= 4 is 8.32 Å². The lowest BCUT2D eigenvalue weighted by Crippen LogP contribution is -2.25. The first-order valence-corrected chi connectivity index (χ1v) is 9.33. The maximum atomic E-state index is 5.77. The van der Waals surface area contributed by atoms with Gasteiger partial charge in [0.15, 0.2) is 0 Å². The predicted molar refractivity (Wildman–Crippen MR) is 68.3 cm³/mol. The summed E-state index contributed by atoms with van der Waals surface area (Å²) in [6.07, 6.45) is 8.28. The van der Waals surface area contributed by atoms with E-state index in [-0.39, 0.29) is 0 Å². The van der Waals surface area contributed by atoms with Crippen LogP contribution < -0.4 is 0 Å². The highest BCUT2D eigenvalue weighted by molar-refractivity contribution is 6.69. The second-order valence-corrected chi connectivity index (χ2v) is 9.22. The summed E-state index contributed by atoms with van der Waals surface area (Å²) in [5, 5.41) is 0. The van der Waals surface area contributed by atoms with Crippen molar-refractivity contribution in [2.45, 2.75) is 58.7 Å². The molecule has 0 saturated heterocycles. The van der Waals surface area contributed by atoms with Crippen molar-refractivity contribution in [3.05, 3.63) is 12.0 Å². The van der Waals surface area contributed by atoms with E-state index in [1.165, 1.54) is 25.7 Å². The highest BCUT2D eigenvalue weighted by atomic mass is 28.4. The molecule has 0 N–H and O–H groups in total. The molecule has 0 radical (unpaired) electrons. The van der Waals surface area contributed by atoms with Gasteiger partial charge >= 0.3 is 0 Å². The summed E-state index contributed by atoms with van der Waals surface area (Å²) in [5.41, 5.74) is 0. The summed E-state index contributed by atoms with van der Waals surface area (Å²) in [6, 6.07) is 0. The van der Waals surface area contributed by atoms with Crippen LogP contribution in [0.1, 0.15) is 39.0 Å². The molecular formula is C12H26O2Si. The van der Waals surface area contributed by atoms with Crippen LogP contribution in [-0.4, -0.2) is 15.4 Å². The summed E-state index contributed by atoms with van der Waals surface area (Å²) in [7, 11) is 0.169. The van der Waals surface area contributed by atoms with Gasteiger partial charge in [-0.1, -0.05) is 26.2 Å². The number of methoxy groups -OCH3 is 1. The molecule has 0 spiro atoms. The van der Waals surface area contributed by atoms with Crippen LogP contribution in [0.15, 0.2) is 12.0 Å². The van der Waals surface area contributed by atoms with Gasteiger partial charge in [0.1, 0.15) is 0 Å². The molecule has 0 aliphatic rings. The molecule has 0 unspecified atom stereocenters. The Morgan fingerprint density at radius 1 is 1.13 bits per heavy atom. The van der Waals surface area contributed by atoms with Gasteiger partial charge in [-0.2, -0.15) is 0 Å². The largest absolute Gasteiger partial charge is 0.520 e.